The van der Waals surface area contributed by atoms with Crippen LogP contribution in [0.15, 0.2) is 85.2 Å². The topological polar surface area (TPSA) is 44.0 Å². The van der Waals surface area contributed by atoms with E-state index >= 15 is 0 Å². The number of pyridine rings is 1. The van der Waals surface area contributed by atoms with Crippen molar-refractivity contribution in [1.29, 1.82) is 0 Å². The van der Waals surface area contributed by atoms with Gasteiger partial charge in [0.05, 0.1) is 0 Å². The second-order valence-electron chi connectivity index (χ2n) is 10.7. The van der Waals surface area contributed by atoms with Crippen molar-refractivity contribution in [2.75, 3.05) is 0 Å². The van der Waals surface area contributed by atoms with Crippen LogP contribution in [-0.2, 0) is 11.3 Å². The summed E-state index contributed by atoms with van der Waals surface area (Å²) in [7, 11) is 0. The molecule has 1 heterocycles. The predicted octanol–water partition coefficient (Wildman–Crippen LogP) is 8.69. The molecule has 0 radical (unpaired) electrons. The number of aliphatic carboxylic acids is 1. The number of benzene rings is 2. The Bertz CT molecular complexity index is 970. The minimum Gasteiger partial charge on any atom is -0.550 e. The molecule has 0 atom stereocenters. The van der Waals surface area contributed by atoms with Crippen molar-refractivity contribution in [3.05, 3.63) is 90.8 Å². The second-order valence-corrected chi connectivity index (χ2v) is 10.7. The zero-order valence-electron chi connectivity index (χ0n) is 24.4. The van der Waals surface area contributed by atoms with Crippen LogP contribution in [0.2, 0.25) is 0 Å². The monoisotopic (exact) mass is 529 g/mol. The Hall–Kier alpha value is -2.94. The molecule has 0 saturated carbocycles. The standard InChI is InChI=1S/C18H16N.C18H36O2/c1-3-7-16(8-4-1)15-19-13-11-18(12-14-19)17-9-5-2-6-10-17;1-2-3-4-5-6-7-8-9-10-11-12-13-14-15-16-17-18(19)20/h1-14H,15H2;2-17H2,1H3,(H,19,20)/q+1;/p-1. The van der Waals surface area contributed by atoms with E-state index in [1.807, 2.05) is 12.1 Å². The van der Waals surface area contributed by atoms with Gasteiger partial charge in [-0.15, -0.1) is 0 Å². The smallest absolute Gasteiger partial charge is 0.173 e. The fraction of sp³-hybridized carbons (Fsp3) is 0.500. The lowest BCUT2D eigenvalue weighted by atomic mass is 10.0. The molecule has 0 spiro atoms. The van der Waals surface area contributed by atoms with E-state index < -0.39 is 5.97 Å². The number of carboxylic acids is 1. The minimum atomic E-state index is -0.903. The lowest BCUT2D eigenvalue weighted by molar-refractivity contribution is -0.688. The van der Waals surface area contributed by atoms with Gasteiger partial charge in [0, 0.05) is 23.7 Å². The molecule has 1 aromatic heterocycles. The van der Waals surface area contributed by atoms with Gasteiger partial charge in [-0.25, -0.2) is 4.57 Å². The highest BCUT2D eigenvalue weighted by molar-refractivity contribution is 5.64. The van der Waals surface area contributed by atoms with E-state index in [9.17, 15) is 9.90 Å². The van der Waals surface area contributed by atoms with Gasteiger partial charge in [-0.3, -0.25) is 0 Å². The molecule has 0 unspecified atom stereocenters. The van der Waals surface area contributed by atoms with Crippen LogP contribution in [-0.4, -0.2) is 5.97 Å². The molecule has 0 aliphatic carbocycles. The van der Waals surface area contributed by atoms with Crippen LogP contribution in [0, 0.1) is 0 Å². The lowest BCUT2D eigenvalue weighted by Crippen LogP contribution is -2.32. The summed E-state index contributed by atoms with van der Waals surface area (Å²) < 4.78 is 2.20. The summed E-state index contributed by atoms with van der Waals surface area (Å²) in [6.45, 7) is 3.18. The van der Waals surface area contributed by atoms with Crippen molar-refractivity contribution in [2.45, 2.75) is 116 Å². The number of carbonyl (C=O) groups excluding carboxylic acids is 1. The average Bonchev–Trinajstić information content (AvgIpc) is 2.97. The zero-order chi connectivity index (χ0) is 27.8. The largest absolute Gasteiger partial charge is 0.550 e. The fourth-order valence-corrected chi connectivity index (χ4v) is 4.82. The molecule has 3 heteroatoms. The quantitative estimate of drug-likeness (QED) is 0.115. The van der Waals surface area contributed by atoms with Crippen molar-refractivity contribution >= 4 is 5.97 Å². The Morgan fingerprint density at radius 3 is 1.44 bits per heavy atom. The maximum atomic E-state index is 10.2. The molecular formula is C36H51NO2. The molecule has 39 heavy (non-hydrogen) atoms. The second kappa shape index (κ2) is 21.9. The number of aromatic nitrogens is 1. The third-order valence-corrected chi connectivity index (χ3v) is 7.19. The van der Waals surface area contributed by atoms with Crippen molar-refractivity contribution < 1.29 is 14.5 Å². The normalized spacial score (nSPS) is 10.6. The van der Waals surface area contributed by atoms with E-state index in [0.29, 0.717) is 0 Å². The van der Waals surface area contributed by atoms with Crippen LogP contribution in [0.5, 0.6) is 0 Å². The first-order valence-electron chi connectivity index (χ1n) is 15.5. The Morgan fingerprint density at radius 1 is 0.564 bits per heavy atom. The molecule has 0 amide bonds. The average molecular weight is 530 g/mol. The van der Waals surface area contributed by atoms with E-state index in [1.165, 1.54) is 100 Å². The molecule has 3 nitrogen and oxygen atoms in total. The third-order valence-electron chi connectivity index (χ3n) is 7.19. The Morgan fingerprint density at radius 2 is 0.974 bits per heavy atom. The highest BCUT2D eigenvalue weighted by atomic mass is 16.4. The van der Waals surface area contributed by atoms with Crippen LogP contribution in [0.4, 0.5) is 0 Å². The van der Waals surface area contributed by atoms with Crippen LogP contribution in [0.25, 0.3) is 11.1 Å². The number of hydrogen-bond donors (Lipinski definition) is 0. The summed E-state index contributed by atoms with van der Waals surface area (Å²) in [4.78, 5) is 10.2. The van der Waals surface area contributed by atoms with Gasteiger partial charge in [-0.1, -0.05) is 157 Å². The van der Waals surface area contributed by atoms with Gasteiger partial charge >= 0.3 is 0 Å². The van der Waals surface area contributed by atoms with E-state index in [2.05, 4.69) is 84.5 Å². The van der Waals surface area contributed by atoms with Crippen molar-refractivity contribution in [3.8, 4) is 11.1 Å². The third kappa shape index (κ3) is 16.6. The summed E-state index contributed by atoms with van der Waals surface area (Å²) in [6.07, 6.45) is 24.1. The van der Waals surface area contributed by atoms with Crippen LogP contribution >= 0.6 is 0 Å². The molecule has 2 aromatic carbocycles. The van der Waals surface area contributed by atoms with Crippen molar-refractivity contribution in [2.24, 2.45) is 0 Å². The van der Waals surface area contributed by atoms with Crippen molar-refractivity contribution in [3.63, 3.8) is 0 Å². The summed E-state index contributed by atoms with van der Waals surface area (Å²) >= 11 is 0. The maximum Gasteiger partial charge on any atom is 0.173 e. The summed E-state index contributed by atoms with van der Waals surface area (Å²) in [5.74, 6) is -0.903. The number of unbranched alkanes of at least 4 members (excludes halogenated alkanes) is 14. The van der Waals surface area contributed by atoms with E-state index in [4.69, 9.17) is 0 Å². The van der Waals surface area contributed by atoms with Gasteiger partial charge in [0.25, 0.3) is 0 Å². The Kier molecular flexibility index (Phi) is 18.2. The molecule has 0 aliphatic rings. The Balaban J connectivity index is 0.000000273. The SMILES string of the molecule is CCCCCCCCCCCCCCCCCC(=O)[O-].c1ccc(C[n+]2ccc(-c3ccccc3)cc2)cc1. The van der Waals surface area contributed by atoms with Gasteiger partial charge in [0.2, 0.25) is 0 Å². The van der Waals surface area contributed by atoms with Crippen LogP contribution < -0.4 is 9.67 Å². The maximum absolute atomic E-state index is 10.2. The number of carboxylic acid groups (broad SMARTS) is 1. The van der Waals surface area contributed by atoms with E-state index in [0.717, 1.165) is 19.4 Å². The van der Waals surface area contributed by atoms with Gasteiger partial charge < -0.3 is 9.90 Å². The zero-order valence-corrected chi connectivity index (χ0v) is 24.4. The molecule has 212 valence electrons. The van der Waals surface area contributed by atoms with Gasteiger partial charge in [-0.05, 0) is 24.0 Å². The van der Waals surface area contributed by atoms with Gasteiger partial charge in [-0.2, -0.15) is 0 Å². The fourth-order valence-electron chi connectivity index (χ4n) is 4.82. The first kappa shape index (κ1) is 32.3. The van der Waals surface area contributed by atoms with E-state index in [-0.39, 0.29) is 6.42 Å². The summed E-state index contributed by atoms with van der Waals surface area (Å²) in [6, 6.07) is 25.3. The van der Waals surface area contributed by atoms with Gasteiger partial charge in [0.1, 0.15) is 0 Å². The van der Waals surface area contributed by atoms with Crippen LogP contribution in [0.3, 0.4) is 0 Å². The lowest BCUT2D eigenvalue weighted by Gasteiger charge is -2.04. The minimum absolute atomic E-state index is 0.234. The highest BCUT2D eigenvalue weighted by Crippen LogP contribution is 2.17. The molecule has 0 N–H and O–H groups in total. The predicted molar refractivity (Wildman–Crippen MR) is 162 cm³/mol. The number of rotatable bonds is 19. The summed E-state index contributed by atoms with van der Waals surface area (Å²) in [5, 5.41) is 10.2. The summed E-state index contributed by atoms with van der Waals surface area (Å²) in [5.41, 5.74) is 3.83. The first-order valence-corrected chi connectivity index (χ1v) is 15.5. The number of nitrogens with zero attached hydrogens (tertiary/aromatic N) is 1. The first-order chi connectivity index (χ1) is 19.2. The van der Waals surface area contributed by atoms with E-state index in [1.54, 1.807) is 0 Å². The molecule has 0 bridgehead atoms. The molecule has 3 aromatic rings. The van der Waals surface area contributed by atoms with Gasteiger partial charge in [0.15, 0.2) is 18.9 Å². The highest BCUT2D eigenvalue weighted by Gasteiger charge is 2.03. The van der Waals surface area contributed by atoms with Crippen molar-refractivity contribution in [1.82, 2.24) is 0 Å². The molecular weight excluding hydrogens is 478 g/mol. The molecule has 0 aliphatic heterocycles. The Labute approximate surface area is 238 Å². The van der Waals surface area contributed by atoms with Crippen LogP contribution in [0.1, 0.15) is 115 Å². The molecule has 0 fully saturated rings. The number of carbonyl (C=O) groups is 1. The molecule has 3 rings (SSSR count). The molecule has 0 saturated heterocycles. The number of hydrogen-bond acceptors (Lipinski definition) is 2.